The Morgan fingerprint density at radius 1 is 1.42 bits per heavy atom. The summed E-state index contributed by atoms with van der Waals surface area (Å²) in [6, 6.07) is 5.20. The molecule has 1 rings (SSSR count). The van der Waals surface area contributed by atoms with E-state index < -0.39 is 11.4 Å². The Morgan fingerprint density at radius 3 is 2.33 bits per heavy atom. The Balaban J connectivity index is 2.89. The maximum Gasteiger partial charge on any atom is 0.260 e. The topological polar surface area (TPSA) is 37.3 Å². The third-order valence-corrected chi connectivity index (χ3v) is 1.58. The van der Waals surface area contributed by atoms with Crippen molar-refractivity contribution in [1.29, 1.82) is 0 Å². The monoisotopic (exact) mass is 188 g/mol. The minimum Gasteiger partial charge on any atom is -0.508 e. The van der Waals surface area contributed by atoms with Crippen molar-refractivity contribution in [1.82, 2.24) is 0 Å². The fraction of sp³-hybridized carbons (Fsp3) is 0.125. The molecule has 1 aromatic carbocycles. The molecule has 0 aliphatic carbocycles. The van der Waals surface area contributed by atoms with E-state index in [4.69, 9.17) is 16.7 Å². The molecule has 0 bridgehead atoms. The summed E-state index contributed by atoms with van der Waals surface area (Å²) in [7, 11) is 0. The molecule has 1 atom stereocenters. The van der Waals surface area contributed by atoms with Gasteiger partial charge in [0.15, 0.2) is 6.17 Å². The van der Waals surface area contributed by atoms with Crippen LogP contribution >= 0.6 is 11.6 Å². The van der Waals surface area contributed by atoms with Gasteiger partial charge in [-0.05, 0) is 29.3 Å². The molecule has 0 amide bonds. The lowest BCUT2D eigenvalue weighted by molar-refractivity contribution is -0.116. The van der Waals surface area contributed by atoms with Crippen LogP contribution in [0.5, 0.6) is 5.75 Å². The molecule has 0 radical (unpaired) electrons. The number of benzene rings is 1. The number of phenolic OH excluding ortho intramolecular Hbond substituents is 1. The number of rotatable bonds is 2. The summed E-state index contributed by atoms with van der Waals surface area (Å²) in [5.74, 6) is 0.0213. The predicted octanol–water partition coefficient (Wildman–Crippen LogP) is 2.17. The van der Waals surface area contributed by atoms with Crippen molar-refractivity contribution in [2.45, 2.75) is 6.17 Å². The van der Waals surface area contributed by atoms with Crippen LogP contribution in [0.4, 0.5) is 4.39 Å². The summed E-state index contributed by atoms with van der Waals surface area (Å²) in [5, 5.41) is 7.78. The van der Waals surface area contributed by atoms with Crippen LogP contribution in [-0.2, 0) is 4.79 Å². The second-order valence-electron chi connectivity index (χ2n) is 2.26. The minimum absolute atomic E-state index is 0.0213. The van der Waals surface area contributed by atoms with Gasteiger partial charge in [-0.15, -0.1) is 0 Å². The smallest absolute Gasteiger partial charge is 0.260 e. The van der Waals surface area contributed by atoms with Crippen molar-refractivity contribution in [3.05, 3.63) is 29.8 Å². The van der Waals surface area contributed by atoms with E-state index in [0.717, 1.165) is 0 Å². The molecule has 0 saturated carbocycles. The number of aromatic hydroxyl groups is 1. The molecule has 0 saturated heterocycles. The average Bonchev–Trinajstić information content (AvgIpc) is 2.04. The molecular formula is C8H6ClFO2. The molecule has 12 heavy (non-hydrogen) atoms. The van der Waals surface area contributed by atoms with Gasteiger partial charge in [0.25, 0.3) is 5.24 Å². The maximum atomic E-state index is 12.8. The number of halogens is 2. The van der Waals surface area contributed by atoms with Crippen molar-refractivity contribution in [2.24, 2.45) is 0 Å². The first-order chi connectivity index (χ1) is 5.61. The Hall–Kier alpha value is -1.09. The Labute approximate surface area is 73.6 Å². The highest BCUT2D eigenvalue weighted by Gasteiger charge is 2.16. The van der Waals surface area contributed by atoms with Crippen LogP contribution < -0.4 is 0 Å². The van der Waals surface area contributed by atoms with Gasteiger partial charge in [0.2, 0.25) is 0 Å². The van der Waals surface area contributed by atoms with Gasteiger partial charge in [0.1, 0.15) is 5.75 Å². The van der Waals surface area contributed by atoms with E-state index in [1.165, 1.54) is 24.3 Å². The van der Waals surface area contributed by atoms with Crippen molar-refractivity contribution < 1.29 is 14.3 Å². The second-order valence-corrected chi connectivity index (χ2v) is 2.63. The van der Waals surface area contributed by atoms with Crippen LogP contribution in [0.3, 0.4) is 0 Å². The molecule has 2 nitrogen and oxygen atoms in total. The zero-order valence-corrected chi connectivity index (χ0v) is 6.75. The number of carbonyl (C=O) groups is 1. The molecule has 0 heterocycles. The normalized spacial score (nSPS) is 12.5. The number of hydrogen-bond acceptors (Lipinski definition) is 2. The Kier molecular flexibility index (Phi) is 2.65. The number of phenols is 1. The van der Waals surface area contributed by atoms with Gasteiger partial charge in [-0.1, -0.05) is 12.1 Å². The van der Waals surface area contributed by atoms with Gasteiger partial charge >= 0.3 is 0 Å². The van der Waals surface area contributed by atoms with Crippen LogP contribution in [0.25, 0.3) is 0 Å². The third kappa shape index (κ3) is 1.95. The van der Waals surface area contributed by atoms with E-state index >= 15 is 0 Å². The van der Waals surface area contributed by atoms with E-state index in [0.29, 0.717) is 0 Å². The Morgan fingerprint density at radius 2 is 1.92 bits per heavy atom. The van der Waals surface area contributed by atoms with E-state index in [2.05, 4.69) is 0 Å². The molecule has 0 spiro atoms. The second kappa shape index (κ2) is 3.54. The zero-order chi connectivity index (χ0) is 9.14. The van der Waals surface area contributed by atoms with E-state index in [9.17, 15) is 9.18 Å². The molecule has 1 aromatic rings. The number of hydrogen-bond donors (Lipinski definition) is 1. The van der Waals surface area contributed by atoms with Crippen LogP contribution in [0.1, 0.15) is 11.7 Å². The molecule has 1 unspecified atom stereocenters. The van der Waals surface area contributed by atoms with Crippen LogP contribution in [0.2, 0.25) is 0 Å². The first-order valence-corrected chi connectivity index (χ1v) is 3.61. The van der Waals surface area contributed by atoms with Crippen LogP contribution in [0, 0.1) is 0 Å². The highest BCUT2D eigenvalue weighted by Crippen LogP contribution is 2.21. The SMILES string of the molecule is O=C(Cl)C(F)c1ccc(O)cc1. The molecule has 64 valence electrons. The van der Waals surface area contributed by atoms with Crippen LogP contribution in [-0.4, -0.2) is 10.3 Å². The predicted molar refractivity (Wildman–Crippen MR) is 42.8 cm³/mol. The lowest BCUT2D eigenvalue weighted by Gasteiger charge is -2.01. The molecule has 4 heteroatoms. The summed E-state index contributed by atoms with van der Waals surface area (Å²) in [5.41, 5.74) is 0.146. The third-order valence-electron chi connectivity index (χ3n) is 1.39. The first kappa shape index (κ1) is 9.00. The van der Waals surface area contributed by atoms with Crippen molar-refractivity contribution in [2.75, 3.05) is 0 Å². The quantitative estimate of drug-likeness (QED) is 0.723. The largest absolute Gasteiger partial charge is 0.508 e. The summed E-state index contributed by atoms with van der Waals surface area (Å²) in [6.45, 7) is 0. The van der Waals surface area contributed by atoms with Gasteiger partial charge < -0.3 is 5.11 Å². The maximum absolute atomic E-state index is 12.8. The van der Waals surface area contributed by atoms with Crippen molar-refractivity contribution >= 4 is 16.8 Å². The molecule has 0 aliphatic heterocycles. The highest BCUT2D eigenvalue weighted by molar-refractivity contribution is 6.64. The van der Waals surface area contributed by atoms with Gasteiger partial charge in [0.05, 0.1) is 0 Å². The van der Waals surface area contributed by atoms with Crippen molar-refractivity contribution in [3.63, 3.8) is 0 Å². The minimum atomic E-state index is -1.81. The lowest BCUT2D eigenvalue weighted by Crippen LogP contribution is -1.99. The highest BCUT2D eigenvalue weighted by atomic mass is 35.5. The van der Waals surface area contributed by atoms with Gasteiger partial charge in [-0.2, -0.15) is 0 Å². The van der Waals surface area contributed by atoms with Gasteiger partial charge in [0, 0.05) is 0 Å². The zero-order valence-electron chi connectivity index (χ0n) is 6.00. The van der Waals surface area contributed by atoms with Crippen LogP contribution in [0.15, 0.2) is 24.3 Å². The molecule has 1 N–H and O–H groups in total. The fourth-order valence-corrected chi connectivity index (χ4v) is 0.900. The summed E-state index contributed by atoms with van der Waals surface area (Å²) >= 11 is 4.93. The number of alkyl halides is 1. The summed E-state index contributed by atoms with van der Waals surface area (Å²) in [6.07, 6.45) is -1.81. The summed E-state index contributed by atoms with van der Waals surface area (Å²) < 4.78 is 12.8. The summed E-state index contributed by atoms with van der Waals surface area (Å²) in [4.78, 5) is 10.4. The first-order valence-electron chi connectivity index (χ1n) is 3.23. The standard InChI is InChI=1S/C8H6ClFO2/c9-8(12)7(10)5-1-3-6(11)4-2-5/h1-4,7,11H. The van der Waals surface area contributed by atoms with Gasteiger partial charge in [-0.3, -0.25) is 4.79 Å². The van der Waals surface area contributed by atoms with Gasteiger partial charge in [-0.25, -0.2) is 4.39 Å². The van der Waals surface area contributed by atoms with E-state index in [1.807, 2.05) is 0 Å². The van der Waals surface area contributed by atoms with E-state index in [1.54, 1.807) is 0 Å². The fourth-order valence-electron chi connectivity index (χ4n) is 0.774. The van der Waals surface area contributed by atoms with Crippen molar-refractivity contribution in [3.8, 4) is 5.75 Å². The molecule has 0 aliphatic rings. The molecule has 0 aromatic heterocycles. The molecular weight excluding hydrogens is 183 g/mol. The number of carbonyl (C=O) groups excluding carboxylic acids is 1. The Bertz CT molecular complexity index is 284. The van der Waals surface area contributed by atoms with E-state index in [-0.39, 0.29) is 11.3 Å². The lowest BCUT2D eigenvalue weighted by atomic mass is 10.1. The molecule has 0 fully saturated rings. The average molecular weight is 189 g/mol.